The standard InChI is InChI=1S/C29H33N5O4/c30-26-25-27(33-29(32-26)31-15-14-19-4-2-1-3-5-19)38-17-16-34(28(25)37)23-12-10-22(11-13-23)21-8-6-20(7-9-21)18-24(35)36/h1-5,10-13,20-21H,6-9,14-18H2,(H,35,36)(H3,30,31,32,33)/t20-,21-. The van der Waals surface area contributed by atoms with Crippen LogP contribution in [0.1, 0.15) is 59.5 Å². The maximum absolute atomic E-state index is 13.5. The second-order valence-corrected chi connectivity index (χ2v) is 9.99. The van der Waals surface area contributed by atoms with Gasteiger partial charge in [0.2, 0.25) is 11.8 Å². The van der Waals surface area contributed by atoms with Gasteiger partial charge in [-0.15, -0.1) is 0 Å². The van der Waals surface area contributed by atoms with Gasteiger partial charge in [-0.2, -0.15) is 9.97 Å². The number of hydrogen-bond acceptors (Lipinski definition) is 7. The Morgan fingerprint density at radius 3 is 2.50 bits per heavy atom. The van der Waals surface area contributed by atoms with Gasteiger partial charge in [-0.05, 0) is 67.2 Å². The zero-order valence-corrected chi connectivity index (χ0v) is 21.3. The van der Waals surface area contributed by atoms with Gasteiger partial charge in [0, 0.05) is 18.7 Å². The number of benzene rings is 2. The summed E-state index contributed by atoms with van der Waals surface area (Å²) in [5, 5.41) is 12.2. The van der Waals surface area contributed by atoms with E-state index in [-0.39, 0.29) is 42.1 Å². The summed E-state index contributed by atoms with van der Waals surface area (Å²) in [5.74, 6) is 0.298. The number of amides is 1. The van der Waals surface area contributed by atoms with E-state index in [9.17, 15) is 9.59 Å². The number of aromatic nitrogens is 2. The van der Waals surface area contributed by atoms with Crippen LogP contribution < -0.4 is 20.7 Å². The molecule has 1 aliphatic carbocycles. The fourth-order valence-corrected chi connectivity index (χ4v) is 5.39. The summed E-state index contributed by atoms with van der Waals surface area (Å²) in [5.41, 5.74) is 9.59. The van der Waals surface area contributed by atoms with Gasteiger partial charge in [0.25, 0.3) is 5.91 Å². The fraction of sp³-hybridized carbons (Fsp3) is 0.379. The molecule has 1 aromatic heterocycles. The van der Waals surface area contributed by atoms with Gasteiger partial charge in [-0.25, -0.2) is 0 Å². The highest BCUT2D eigenvalue weighted by Crippen LogP contribution is 2.38. The molecule has 1 saturated carbocycles. The van der Waals surface area contributed by atoms with Crippen molar-refractivity contribution < 1.29 is 19.4 Å². The average Bonchev–Trinajstić information content (AvgIpc) is 3.08. The van der Waals surface area contributed by atoms with Crippen LogP contribution in [0.2, 0.25) is 0 Å². The molecule has 198 valence electrons. The van der Waals surface area contributed by atoms with Gasteiger partial charge >= 0.3 is 5.97 Å². The van der Waals surface area contributed by atoms with Crippen molar-refractivity contribution in [2.45, 2.75) is 44.4 Å². The predicted molar refractivity (Wildman–Crippen MR) is 146 cm³/mol. The number of anilines is 3. The number of nitrogens with two attached hydrogens (primary N) is 1. The van der Waals surface area contributed by atoms with Gasteiger partial charge in [0.1, 0.15) is 18.0 Å². The second kappa shape index (κ2) is 11.5. The van der Waals surface area contributed by atoms with E-state index in [4.69, 9.17) is 15.6 Å². The van der Waals surface area contributed by atoms with Crippen LogP contribution in [0.3, 0.4) is 0 Å². The first kappa shape index (κ1) is 25.5. The van der Waals surface area contributed by atoms with Gasteiger partial charge in [0.15, 0.2) is 0 Å². The van der Waals surface area contributed by atoms with Gasteiger partial charge in [0.05, 0.1) is 6.54 Å². The molecule has 0 atom stereocenters. The fourth-order valence-electron chi connectivity index (χ4n) is 5.39. The molecule has 38 heavy (non-hydrogen) atoms. The second-order valence-electron chi connectivity index (χ2n) is 9.99. The summed E-state index contributed by atoms with van der Waals surface area (Å²) >= 11 is 0. The van der Waals surface area contributed by atoms with Crippen molar-refractivity contribution in [3.05, 3.63) is 71.3 Å². The molecular formula is C29H33N5O4. The van der Waals surface area contributed by atoms with Crippen molar-refractivity contribution in [1.29, 1.82) is 0 Å². The first-order chi connectivity index (χ1) is 18.5. The van der Waals surface area contributed by atoms with E-state index in [1.807, 2.05) is 30.3 Å². The lowest BCUT2D eigenvalue weighted by Crippen LogP contribution is -2.32. The number of fused-ring (bicyclic) bond motifs is 1. The third kappa shape index (κ3) is 5.88. The highest BCUT2D eigenvalue weighted by molar-refractivity contribution is 6.10. The van der Waals surface area contributed by atoms with Crippen molar-refractivity contribution in [3.8, 4) is 5.88 Å². The largest absolute Gasteiger partial charge is 0.481 e. The number of carboxylic acid groups (broad SMARTS) is 1. The number of nitrogens with zero attached hydrogens (tertiary/aromatic N) is 3. The van der Waals surface area contributed by atoms with Crippen LogP contribution >= 0.6 is 0 Å². The third-order valence-electron chi connectivity index (χ3n) is 7.44. The molecule has 1 aliphatic heterocycles. The SMILES string of the molecule is Nc1nc(NCCc2ccccc2)nc2c1C(=O)N(c1ccc([C@H]3CC[C@H](CC(=O)O)CC3)cc1)CCO2. The van der Waals surface area contributed by atoms with Crippen LogP contribution in [-0.2, 0) is 11.2 Å². The van der Waals surface area contributed by atoms with E-state index in [0.717, 1.165) is 37.8 Å². The molecule has 1 fully saturated rings. The number of aliphatic carboxylic acids is 1. The van der Waals surface area contributed by atoms with Crippen molar-refractivity contribution in [3.63, 3.8) is 0 Å². The van der Waals surface area contributed by atoms with Crippen LogP contribution in [0.25, 0.3) is 0 Å². The predicted octanol–water partition coefficient (Wildman–Crippen LogP) is 4.50. The molecule has 9 nitrogen and oxygen atoms in total. The van der Waals surface area contributed by atoms with Gasteiger partial charge in [-0.3, -0.25) is 9.59 Å². The Morgan fingerprint density at radius 1 is 1.05 bits per heavy atom. The Hall–Kier alpha value is -4.14. The van der Waals surface area contributed by atoms with Gasteiger partial charge in [-0.1, -0.05) is 42.5 Å². The Bertz CT molecular complexity index is 1270. The highest BCUT2D eigenvalue weighted by atomic mass is 16.5. The van der Waals surface area contributed by atoms with E-state index in [1.54, 1.807) is 4.90 Å². The molecule has 0 bridgehead atoms. The zero-order valence-electron chi connectivity index (χ0n) is 21.3. The molecular weight excluding hydrogens is 482 g/mol. The van der Waals surface area contributed by atoms with Gasteiger partial charge < -0.3 is 25.8 Å². The van der Waals surface area contributed by atoms with Crippen LogP contribution in [0.5, 0.6) is 5.88 Å². The Morgan fingerprint density at radius 2 is 1.79 bits per heavy atom. The molecule has 0 spiro atoms. The lowest BCUT2D eigenvalue weighted by molar-refractivity contribution is -0.138. The Balaban J connectivity index is 1.25. The zero-order chi connectivity index (χ0) is 26.5. The van der Waals surface area contributed by atoms with E-state index < -0.39 is 5.97 Å². The summed E-state index contributed by atoms with van der Waals surface area (Å²) in [6, 6.07) is 18.1. The molecule has 0 unspecified atom stereocenters. The quantitative estimate of drug-likeness (QED) is 0.400. The molecule has 5 rings (SSSR count). The summed E-state index contributed by atoms with van der Waals surface area (Å²) in [4.78, 5) is 34.9. The number of carboxylic acids is 1. The smallest absolute Gasteiger partial charge is 0.303 e. The first-order valence-corrected chi connectivity index (χ1v) is 13.2. The lowest BCUT2D eigenvalue weighted by Gasteiger charge is -2.28. The topological polar surface area (TPSA) is 131 Å². The number of carbonyl (C=O) groups is 2. The minimum absolute atomic E-state index is 0.0869. The number of nitrogen functional groups attached to an aromatic ring is 1. The number of ether oxygens (including phenoxy) is 1. The first-order valence-electron chi connectivity index (χ1n) is 13.2. The molecule has 9 heteroatoms. The van der Waals surface area contributed by atoms with Crippen molar-refractivity contribution >= 4 is 29.3 Å². The third-order valence-corrected chi connectivity index (χ3v) is 7.44. The highest BCUT2D eigenvalue weighted by Gasteiger charge is 2.30. The molecule has 2 aromatic carbocycles. The number of rotatable bonds is 8. The van der Waals surface area contributed by atoms with Crippen molar-refractivity contribution in [2.75, 3.05) is 35.6 Å². The Kier molecular flexibility index (Phi) is 7.72. The molecule has 1 amide bonds. The van der Waals surface area contributed by atoms with E-state index in [0.29, 0.717) is 25.0 Å². The van der Waals surface area contributed by atoms with Crippen LogP contribution in [0.15, 0.2) is 54.6 Å². The molecule has 2 aliphatic rings. The maximum Gasteiger partial charge on any atom is 0.303 e. The molecule has 4 N–H and O–H groups in total. The number of nitrogens with one attached hydrogen (secondary N) is 1. The molecule has 3 aromatic rings. The normalized spacial score (nSPS) is 19.3. The van der Waals surface area contributed by atoms with Crippen LogP contribution in [0.4, 0.5) is 17.5 Å². The summed E-state index contributed by atoms with van der Waals surface area (Å²) < 4.78 is 5.84. The van der Waals surface area contributed by atoms with Crippen molar-refractivity contribution in [1.82, 2.24) is 9.97 Å². The van der Waals surface area contributed by atoms with E-state index in [1.165, 1.54) is 11.1 Å². The van der Waals surface area contributed by atoms with E-state index in [2.05, 4.69) is 39.6 Å². The number of hydrogen-bond donors (Lipinski definition) is 3. The van der Waals surface area contributed by atoms with Crippen LogP contribution in [0, 0.1) is 5.92 Å². The summed E-state index contributed by atoms with van der Waals surface area (Å²) in [6.07, 6.45) is 4.88. The van der Waals surface area contributed by atoms with E-state index >= 15 is 0 Å². The molecule has 2 heterocycles. The minimum Gasteiger partial charge on any atom is -0.481 e. The Labute approximate surface area is 222 Å². The average molecular weight is 516 g/mol. The van der Waals surface area contributed by atoms with Crippen molar-refractivity contribution in [2.24, 2.45) is 5.92 Å². The monoisotopic (exact) mass is 515 g/mol. The molecule has 0 radical (unpaired) electrons. The minimum atomic E-state index is -0.716. The number of carbonyl (C=O) groups excluding carboxylic acids is 1. The maximum atomic E-state index is 13.5. The summed E-state index contributed by atoms with van der Waals surface area (Å²) in [6.45, 7) is 1.27. The van der Waals surface area contributed by atoms with Crippen LogP contribution in [-0.4, -0.2) is 46.6 Å². The lowest BCUT2D eigenvalue weighted by atomic mass is 9.77. The molecule has 0 saturated heterocycles. The summed E-state index contributed by atoms with van der Waals surface area (Å²) in [7, 11) is 0.